The van der Waals surface area contributed by atoms with Gasteiger partial charge in [-0.2, -0.15) is 0 Å². The van der Waals surface area contributed by atoms with Crippen molar-refractivity contribution in [2.24, 2.45) is 0 Å². The van der Waals surface area contributed by atoms with Gasteiger partial charge in [0.2, 0.25) is 0 Å². The van der Waals surface area contributed by atoms with Crippen molar-refractivity contribution in [2.75, 3.05) is 14.1 Å². The van der Waals surface area contributed by atoms with Crippen LogP contribution in [0.3, 0.4) is 0 Å². The first kappa shape index (κ1) is 25.9. The standard InChI is InChI=1S/C31H29ClFN3O2/c1-17-9-6-7-10-20(17)23-14-24(23)25-13-19(3)36(31(38)28(25)32)27-15-26(34-16-18(27)2)21-11-8-12-22(29(21)33)30(37)35(4)5/h6-13,15-16,23-24H,14H2,1-5H3/t23?,24-/m1/s1. The van der Waals surface area contributed by atoms with E-state index < -0.39 is 11.7 Å². The number of aryl methyl sites for hydroxylation is 3. The summed E-state index contributed by atoms with van der Waals surface area (Å²) in [4.78, 5) is 31.8. The van der Waals surface area contributed by atoms with Crippen molar-refractivity contribution < 1.29 is 9.18 Å². The first-order valence-corrected chi connectivity index (χ1v) is 12.9. The summed E-state index contributed by atoms with van der Waals surface area (Å²) >= 11 is 6.72. The third-order valence-corrected chi connectivity index (χ3v) is 7.75. The highest BCUT2D eigenvalue weighted by Crippen LogP contribution is 2.56. The molecule has 0 aliphatic heterocycles. The highest BCUT2D eigenvalue weighted by Gasteiger charge is 2.42. The summed E-state index contributed by atoms with van der Waals surface area (Å²) in [6, 6.07) is 16.6. The van der Waals surface area contributed by atoms with Crippen LogP contribution in [0.1, 0.15) is 56.6 Å². The van der Waals surface area contributed by atoms with Crippen LogP contribution in [0.2, 0.25) is 5.02 Å². The number of halogens is 2. The summed E-state index contributed by atoms with van der Waals surface area (Å²) in [6.45, 7) is 5.83. The summed E-state index contributed by atoms with van der Waals surface area (Å²) in [7, 11) is 3.15. The van der Waals surface area contributed by atoms with E-state index in [9.17, 15) is 9.59 Å². The zero-order valence-corrected chi connectivity index (χ0v) is 22.8. The summed E-state index contributed by atoms with van der Waals surface area (Å²) in [6.07, 6.45) is 2.56. The van der Waals surface area contributed by atoms with E-state index in [1.54, 1.807) is 43.1 Å². The van der Waals surface area contributed by atoms with Crippen LogP contribution in [0.25, 0.3) is 16.9 Å². The number of aromatic nitrogens is 2. The molecule has 1 saturated carbocycles. The van der Waals surface area contributed by atoms with Gasteiger partial charge in [0.25, 0.3) is 11.5 Å². The Bertz CT molecular complexity index is 1640. The molecule has 0 radical (unpaired) electrons. The summed E-state index contributed by atoms with van der Waals surface area (Å²) in [5, 5.41) is 0.208. The van der Waals surface area contributed by atoms with E-state index in [0.717, 1.165) is 23.2 Å². The molecule has 0 saturated heterocycles. The highest BCUT2D eigenvalue weighted by molar-refractivity contribution is 6.31. The van der Waals surface area contributed by atoms with Crippen molar-refractivity contribution in [1.82, 2.24) is 14.5 Å². The lowest BCUT2D eigenvalue weighted by molar-refractivity contribution is 0.0823. The summed E-state index contributed by atoms with van der Waals surface area (Å²) < 4.78 is 17.0. The van der Waals surface area contributed by atoms with Crippen molar-refractivity contribution >= 4 is 17.5 Å². The molecular weight excluding hydrogens is 501 g/mol. The number of hydrogen-bond acceptors (Lipinski definition) is 3. The molecule has 1 aliphatic carbocycles. The van der Waals surface area contributed by atoms with Crippen LogP contribution in [-0.4, -0.2) is 34.5 Å². The van der Waals surface area contributed by atoms with E-state index in [0.29, 0.717) is 17.3 Å². The van der Waals surface area contributed by atoms with Gasteiger partial charge in [-0.05, 0) is 85.5 Å². The van der Waals surface area contributed by atoms with E-state index in [-0.39, 0.29) is 27.6 Å². The molecule has 7 heteroatoms. The minimum absolute atomic E-state index is 0.0372. The van der Waals surface area contributed by atoms with E-state index in [4.69, 9.17) is 11.6 Å². The van der Waals surface area contributed by atoms with E-state index in [1.165, 1.54) is 22.1 Å². The molecule has 0 spiro atoms. The second-order valence-electron chi connectivity index (χ2n) is 10.2. The molecule has 5 nitrogen and oxygen atoms in total. The maximum Gasteiger partial charge on any atom is 0.274 e. The number of hydrogen-bond donors (Lipinski definition) is 0. The third-order valence-electron chi connectivity index (χ3n) is 7.37. The van der Waals surface area contributed by atoms with Gasteiger partial charge in [-0.15, -0.1) is 0 Å². The van der Waals surface area contributed by atoms with Gasteiger partial charge in [0.05, 0.1) is 16.9 Å². The molecule has 1 aliphatic rings. The Labute approximate surface area is 226 Å². The Morgan fingerprint density at radius 3 is 2.42 bits per heavy atom. The SMILES string of the molecule is Cc1ccccc1C1C[C@H]1c1cc(C)n(-c2cc(-c3cccc(C(=O)N(C)C)c3F)ncc2C)c(=O)c1Cl. The van der Waals surface area contributed by atoms with E-state index in [2.05, 4.69) is 24.0 Å². The van der Waals surface area contributed by atoms with Crippen LogP contribution in [0, 0.1) is 26.6 Å². The van der Waals surface area contributed by atoms with Gasteiger partial charge in [-0.1, -0.05) is 41.9 Å². The smallest absolute Gasteiger partial charge is 0.274 e. The molecule has 1 amide bonds. The third kappa shape index (κ3) is 4.43. The van der Waals surface area contributed by atoms with Gasteiger partial charge >= 0.3 is 0 Å². The molecular formula is C31H29ClFN3O2. The number of carbonyl (C=O) groups excluding carboxylic acids is 1. The number of rotatable bonds is 5. The van der Waals surface area contributed by atoms with Gasteiger partial charge in [0, 0.05) is 31.5 Å². The molecule has 0 N–H and O–H groups in total. The second kappa shape index (κ2) is 9.84. The number of pyridine rings is 2. The molecule has 2 atom stereocenters. The first-order valence-electron chi connectivity index (χ1n) is 12.5. The van der Waals surface area contributed by atoms with Crippen molar-refractivity contribution in [1.29, 1.82) is 0 Å². The summed E-state index contributed by atoms with van der Waals surface area (Å²) in [5.74, 6) is -0.542. The van der Waals surface area contributed by atoms with E-state index >= 15 is 4.39 Å². The zero-order valence-electron chi connectivity index (χ0n) is 22.0. The molecule has 1 fully saturated rings. The highest BCUT2D eigenvalue weighted by atomic mass is 35.5. The van der Waals surface area contributed by atoms with Gasteiger partial charge < -0.3 is 4.90 Å². The quantitative estimate of drug-likeness (QED) is 0.293. The van der Waals surface area contributed by atoms with Gasteiger partial charge in [-0.3, -0.25) is 19.1 Å². The Hall–Kier alpha value is -3.77. The van der Waals surface area contributed by atoms with Gasteiger partial charge in [-0.25, -0.2) is 4.39 Å². The maximum atomic E-state index is 15.4. The lowest BCUT2D eigenvalue weighted by atomic mass is 10.0. The zero-order chi connectivity index (χ0) is 27.3. The Kier molecular flexibility index (Phi) is 6.70. The predicted molar refractivity (Wildman–Crippen MR) is 149 cm³/mol. The van der Waals surface area contributed by atoms with Crippen LogP contribution in [0.5, 0.6) is 0 Å². The average Bonchev–Trinajstić information content (AvgIpc) is 3.68. The topological polar surface area (TPSA) is 55.2 Å². The maximum absolute atomic E-state index is 15.4. The molecule has 2 aromatic heterocycles. The predicted octanol–water partition coefficient (Wildman–Crippen LogP) is 6.59. The largest absolute Gasteiger partial charge is 0.345 e. The minimum Gasteiger partial charge on any atom is -0.345 e. The van der Waals surface area contributed by atoms with Gasteiger partial charge in [0.1, 0.15) is 10.8 Å². The monoisotopic (exact) mass is 529 g/mol. The molecule has 2 heterocycles. The molecule has 5 rings (SSSR count). The van der Waals surface area contributed by atoms with Crippen molar-refractivity contribution in [2.45, 2.75) is 39.0 Å². The molecule has 4 aromatic rings. The van der Waals surface area contributed by atoms with Crippen LogP contribution < -0.4 is 5.56 Å². The lowest BCUT2D eigenvalue weighted by Gasteiger charge is -2.17. The fraction of sp³-hybridized carbons (Fsp3) is 0.258. The molecule has 2 aromatic carbocycles. The Morgan fingerprint density at radius 2 is 1.71 bits per heavy atom. The summed E-state index contributed by atoms with van der Waals surface area (Å²) in [5.41, 5.74) is 5.62. The van der Waals surface area contributed by atoms with Crippen LogP contribution >= 0.6 is 11.6 Å². The van der Waals surface area contributed by atoms with Gasteiger partial charge in [0.15, 0.2) is 0 Å². The number of amides is 1. The van der Waals surface area contributed by atoms with Crippen molar-refractivity contribution in [3.05, 3.63) is 115 Å². The fourth-order valence-corrected chi connectivity index (χ4v) is 5.51. The van der Waals surface area contributed by atoms with Crippen molar-refractivity contribution in [3.63, 3.8) is 0 Å². The molecule has 1 unspecified atom stereocenters. The van der Waals surface area contributed by atoms with Crippen molar-refractivity contribution in [3.8, 4) is 16.9 Å². The minimum atomic E-state index is -0.651. The number of carbonyl (C=O) groups is 1. The second-order valence-corrected chi connectivity index (χ2v) is 10.6. The average molecular weight is 530 g/mol. The molecule has 194 valence electrons. The van der Waals surface area contributed by atoms with Crippen LogP contribution in [0.4, 0.5) is 4.39 Å². The lowest BCUT2D eigenvalue weighted by Crippen LogP contribution is -2.23. The first-order chi connectivity index (χ1) is 18.1. The number of nitrogens with zero attached hydrogens (tertiary/aromatic N) is 3. The molecule has 0 bridgehead atoms. The molecule has 38 heavy (non-hydrogen) atoms. The fourth-order valence-electron chi connectivity index (χ4n) is 5.23. The van der Waals surface area contributed by atoms with E-state index in [1.807, 2.05) is 32.0 Å². The Morgan fingerprint density at radius 1 is 1.00 bits per heavy atom. The number of benzene rings is 2. The normalized spacial score (nSPS) is 16.4. The Balaban J connectivity index is 1.56. The van der Waals surface area contributed by atoms with Crippen LogP contribution in [-0.2, 0) is 0 Å². The van der Waals surface area contributed by atoms with Crippen LogP contribution in [0.15, 0.2) is 65.6 Å².